The van der Waals surface area contributed by atoms with Gasteiger partial charge in [0.1, 0.15) is 0 Å². The van der Waals surface area contributed by atoms with E-state index >= 15 is 0 Å². The van der Waals surface area contributed by atoms with E-state index in [0.29, 0.717) is 19.5 Å². The van der Waals surface area contributed by atoms with Gasteiger partial charge < -0.3 is 5.32 Å². The largest absolute Gasteiger partial charge is 0.315 e. The van der Waals surface area contributed by atoms with Gasteiger partial charge in [-0.05, 0) is 13.0 Å². The Bertz CT molecular complexity index is 343. The molecule has 0 aromatic carbocycles. The molecule has 1 N–H and O–H groups in total. The second-order valence-electron chi connectivity index (χ2n) is 4.41. The summed E-state index contributed by atoms with van der Waals surface area (Å²) in [6, 6.07) is 0. The summed E-state index contributed by atoms with van der Waals surface area (Å²) in [5.41, 5.74) is 0. The third-order valence-electron chi connectivity index (χ3n) is 3.25. The minimum Gasteiger partial charge on any atom is -0.315 e. The standard InChI is InChI=1S/C9H16F2N2O2S/c10-9(11)2-5-13(6-3-9)16(14,15)8-1-4-12-7-8/h8,12H,1-7H2. The van der Waals surface area contributed by atoms with E-state index in [1.165, 1.54) is 4.31 Å². The van der Waals surface area contributed by atoms with E-state index in [4.69, 9.17) is 0 Å². The van der Waals surface area contributed by atoms with E-state index in [1.54, 1.807) is 0 Å². The van der Waals surface area contributed by atoms with Crippen LogP contribution in [0, 0.1) is 0 Å². The van der Waals surface area contributed by atoms with Crippen LogP contribution in [0.4, 0.5) is 8.78 Å². The molecule has 0 aliphatic carbocycles. The lowest BCUT2D eigenvalue weighted by Crippen LogP contribution is -2.46. The second-order valence-corrected chi connectivity index (χ2v) is 6.63. The Hall–Kier alpha value is -0.270. The molecule has 2 fully saturated rings. The Morgan fingerprint density at radius 3 is 2.38 bits per heavy atom. The lowest BCUT2D eigenvalue weighted by atomic mass is 10.1. The Balaban J connectivity index is 2.02. The number of halogens is 2. The van der Waals surface area contributed by atoms with E-state index in [1.807, 2.05) is 0 Å². The number of nitrogens with zero attached hydrogens (tertiary/aromatic N) is 1. The van der Waals surface area contributed by atoms with Crippen LogP contribution in [0.2, 0.25) is 0 Å². The topological polar surface area (TPSA) is 49.4 Å². The van der Waals surface area contributed by atoms with Crippen molar-refractivity contribution in [3.05, 3.63) is 0 Å². The van der Waals surface area contributed by atoms with Crippen molar-refractivity contribution in [3.63, 3.8) is 0 Å². The Morgan fingerprint density at radius 1 is 1.25 bits per heavy atom. The first-order valence-corrected chi connectivity index (χ1v) is 7.00. The highest BCUT2D eigenvalue weighted by molar-refractivity contribution is 7.89. The molecule has 2 heterocycles. The summed E-state index contributed by atoms with van der Waals surface area (Å²) in [4.78, 5) is 0. The summed E-state index contributed by atoms with van der Waals surface area (Å²) in [5.74, 6) is -2.69. The maximum atomic E-state index is 12.9. The van der Waals surface area contributed by atoms with Crippen LogP contribution in [0.5, 0.6) is 0 Å². The molecule has 0 spiro atoms. The Kier molecular flexibility index (Phi) is 3.20. The zero-order valence-corrected chi connectivity index (χ0v) is 9.77. The fourth-order valence-corrected chi connectivity index (χ4v) is 4.02. The van der Waals surface area contributed by atoms with Gasteiger partial charge in [0.05, 0.1) is 5.25 Å². The number of alkyl halides is 2. The predicted octanol–water partition coefficient (Wildman–Crippen LogP) is 0.409. The molecule has 0 radical (unpaired) electrons. The summed E-state index contributed by atoms with van der Waals surface area (Å²) in [6.45, 7) is 1.03. The number of hydrogen-bond donors (Lipinski definition) is 1. The zero-order chi connectivity index (χ0) is 11.8. The molecule has 0 amide bonds. The average molecular weight is 254 g/mol. The van der Waals surface area contributed by atoms with Crippen molar-refractivity contribution < 1.29 is 17.2 Å². The monoisotopic (exact) mass is 254 g/mol. The van der Waals surface area contributed by atoms with Crippen molar-refractivity contribution >= 4 is 10.0 Å². The maximum Gasteiger partial charge on any atom is 0.250 e. The second kappa shape index (κ2) is 4.19. The van der Waals surface area contributed by atoms with Crippen LogP contribution < -0.4 is 5.32 Å². The molecular formula is C9H16F2N2O2S. The molecule has 16 heavy (non-hydrogen) atoms. The first-order chi connectivity index (χ1) is 7.42. The van der Waals surface area contributed by atoms with E-state index < -0.39 is 21.2 Å². The van der Waals surface area contributed by atoms with Crippen molar-refractivity contribution in [2.75, 3.05) is 26.2 Å². The predicted molar refractivity (Wildman–Crippen MR) is 55.9 cm³/mol. The summed E-state index contributed by atoms with van der Waals surface area (Å²) < 4.78 is 51.1. The molecule has 1 unspecified atom stereocenters. The minimum atomic E-state index is -3.37. The molecule has 7 heteroatoms. The number of sulfonamides is 1. The summed E-state index contributed by atoms with van der Waals surface area (Å²) in [5, 5.41) is 2.55. The first kappa shape index (κ1) is 12.2. The van der Waals surface area contributed by atoms with Gasteiger partial charge in [-0.25, -0.2) is 21.5 Å². The molecular weight excluding hydrogens is 238 g/mol. The van der Waals surface area contributed by atoms with E-state index in [2.05, 4.69) is 5.32 Å². The highest BCUT2D eigenvalue weighted by atomic mass is 32.2. The minimum absolute atomic E-state index is 0.0498. The number of nitrogens with one attached hydrogen (secondary N) is 1. The summed E-state index contributed by atoms with van der Waals surface area (Å²) >= 11 is 0. The van der Waals surface area contributed by atoms with Crippen molar-refractivity contribution in [1.29, 1.82) is 0 Å². The molecule has 0 aromatic rings. The van der Waals surface area contributed by atoms with Gasteiger partial charge in [-0.2, -0.15) is 0 Å². The lowest BCUT2D eigenvalue weighted by Gasteiger charge is -2.32. The van der Waals surface area contributed by atoms with E-state index in [0.717, 1.165) is 0 Å². The summed E-state index contributed by atoms with van der Waals surface area (Å²) in [6.07, 6.45) is -0.131. The van der Waals surface area contributed by atoms with Crippen LogP contribution in [-0.2, 0) is 10.0 Å². The van der Waals surface area contributed by atoms with Crippen molar-refractivity contribution in [2.24, 2.45) is 0 Å². The van der Waals surface area contributed by atoms with Crippen molar-refractivity contribution in [1.82, 2.24) is 9.62 Å². The van der Waals surface area contributed by atoms with Crippen LogP contribution in [0.1, 0.15) is 19.3 Å². The van der Waals surface area contributed by atoms with E-state index in [9.17, 15) is 17.2 Å². The Morgan fingerprint density at radius 2 is 1.88 bits per heavy atom. The van der Waals surface area contributed by atoms with Crippen molar-refractivity contribution in [2.45, 2.75) is 30.4 Å². The lowest BCUT2D eigenvalue weighted by molar-refractivity contribution is -0.0413. The highest BCUT2D eigenvalue weighted by Crippen LogP contribution is 2.30. The third-order valence-corrected chi connectivity index (χ3v) is 5.58. The zero-order valence-electron chi connectivity index (χ0n) is 8.95. The van der Waals surface area contributed by atoms with Gasteiger partial charge in [0.15, 0.2) is 0 Å². The van der Waals surface area contributed by atoms with Gasteiger partial charge in [-0.1, -0.05) is 0 Å². The molecule has 0 saturated carbocycles. The fourth-order valence-electron chi connectivity index (χ4n) is 2.16. The van der Waals surface area contributed by atoms with Crippen LogP contribution in [0.3, 0.4) is 0 Å². The van der Waals surface area contributed by atoms with Gasteiger partial charge in [0.25, 0.3) is 5.92 Å². The smallest absolute Gasteiger partial charge is 0.250 e. The maximum absolute atomic E-state index is 12.9. The van der Waals surface area contributed by atoms with Crippen molar-refractivity contribution in [3.8, 4) is 0 Å². The third kappa shape index (κ3) is 2.36. The number of hydrogen-bond acceptors (Lipinski definition) is 3. The van der Waals surface area contributed by atoms with Gasteiger partial charge >= 0.3 is 0 Å². The molecule has 4 nitrogen and oxygen atoms in total. The SMILES string of the molecule is O=S(=O)(C1CCNC1)N1CCC(F)(F)CC1. The van der Waals surface area contributed by atoms with Gasteiger partial charge in [-0.3, -0.25) is 0 Å². The van der Waals surface area contributed by atoms with E-state index in [-0.39, 0.29) is 25.9 Å². The fraction of sp³-hybridized carbons (Fsp3) is 1.00. The molecule has 0 aromatic heterocycles. The molecule has 2 saturated heterocycles. The van der Waals surface area contributed by atoms with Gasteiger partial charge in [0.2, 0.25) is 10.0 Å². The average Bonchev–Trinajstić information content (AvgIpc) is 2.70. The normalized spacial score (nSPS) is 31.8. The molecule has 2 aliphatic rings. The molecule has 2 aliphatic heterocycles. The number of rotatable bonds is 2. The van der Waals surface area contributed by atoms with Crippen LogP contribution in [-0.4, -0.2) is 50.1 Å². The van der Waals surface area contributed by atoms with Gasteiger partial charge in [0, 0.05) is 32.5 Å². The van der Waals surface area contributed by atoms with Crippen LogP contribution in [0.15, 0.2) is 0 Å². The first-order valence-electron chi connectivity index (χ1n) is 5.49. The quantitative estimate of drug-likeness (QED) is 0.776. The highest BCUT2D eigenvalue weighted by Gasteiger charge is 2.41. The molecule has 2 rings (SSSR count). The summed E-state index contributed by atoms with van der Waals surface area (Å²) in [7, 11) is -3.37. The number of piperidine rings is 1. The van der Waals surface area contributed by atoms with Gasteiger partial charge in [-0.15, -0.1) is 0 Å². The molecule has 1 atom stereocenters. The Labute approximate surface area is 94.0 Å². The van der Waals surface area contributed by atoms with Crippen LogP contribution >= 0.6 is 0 Å². The molecule has 94 valence electrons. The molecule has 0 bridgehead atoms. The van der Waals surface area contributed by atoms with Crippen LogP contribution in [0.25, 0.3) is 0 Å².